The molecule has 6 unspecified atom stereocenters. The van der Waals surface area contributed by atoms with Gasteiger partial charge in [-0.25, -0.2) is 0 Å². The summed E-state index contributed by atoms with van der Waals surface area (Å²) in [5.74, 6) is 1.43. The molecule has 0 aromatic rings. The maximum atomic E-state index is 11.5. The average Bonchev–Trinajstić information content (AvgIpc) is 3.23. The van der Waals surface area contributed by atoms with E-state index in [1.165, 1.54) is 32.0 Å². The molecule has 2 aliphatic heterocycles. The third-order valence-corrected chi connectivity index (χ3v) is 5.34. The van der Waals surface area contributed by atoms with Crippen molar-refractivity contribution in [2.75, 3.05) is 0 Å². The Hall–Kier alpha value is -0.410. The standard InChI is InChI=1S/C14H20O3/c15-7-10(8-1-3-11-13(5-8)16-11)9-2-4-12-14(6-9)17-12/h7-14H,1-6H2. The molecule has 4 rings (SSSR count). The fourth-order valence-electron chi connectivity index (χ4n) is 4.18. The van der Waals surface area contributed by atoms with E-state index in [-0.39, 0.29) is 5.92 Å². The lowest BCUT2D eigenvalue weighted by molar-refractivity contribution is -0.115. The van der Waals surface area contributed by atoms with Crippen molar-refractivity contribution in [2.24, 2.45) is 17.8 Å². The topological polar surface area (TPSA) is 42.1 Å². The van der Waals surface area contributed by atoms with Gasteiger partial charge in [-0.05, 0) is 50.4 Å². The molecule has 0 N–H and O–H groups in total. The fraction of sp³-hybridized carbons (Fsp3) is 0.929. The number of hydrogen-bond donors (Lipinski definition) is 0. The Morgan fingerprint density at radius 2 is 1.35 bits per heavy atom. The van der Waals surface area contributed by atoms with Gasteiger partial charge in [0.15, 0.2) is 0 Å². The van der Waals surface area contributed by atoms with Gasteiger partial charge in [-0.1, -0.05) is 0 Å². The van der Waals surface area contributed by atoms with Gasteiger partial charge in [0.25, 0.3) is 0 Å². The van der Waals surface area contributed by atoms with Crippen molar-refractivity contribution in [1.29, 1.82) is 0 Å². The normalized spacial score (nSPS) is 53.2. The van der Waals surface area contributed by atoms with Crippen LogP contribution in [0.15, 0.2) is 0 Å². The minimum atomic E-state index is 0.269. The number of carbonyl (C=O) groups excluding carboxylic acids is 1. The molecular formula is C14H20O3. The summed E-state index contributed by atoms with van der Waals surface area (Å²) in [7, 11) is 0. The van der Waals surface area contributed by atoms with Crippen LogP contribution in [-0.4, -0.2) is 30.7 Å². The molecule has 17 heavy (non-hydrogen) atoms. The molecule has 0 spiro atoms. The molecule has 2 aliphatic carbocycles. The number of hydrogen-bond acceptors (Lipinski definition) is 3. The van der Waals surface area contributed by atoms with Gasteiger partial charge in [0, 0.05) is 5.92 Å². The van der Waals surface area contributed by atoms with Gasteiger partial charge in [0.2, 0.25) is 0 Å². The lowest BCUT2D eigenvalue weighted by atomic mass is 9.70. The molecule has 0 aromatic heterocycles. The van der Waals surface area contributed by atoms with Crippen molar-refractivity contribution in [3.05, 3.63) is 0 Å². The van der Waals surface area contributed by atoms with Crippen LogP contribution in [0.5, 0.6) is 0 Å². The second-order valence-corrected chi connectivity index (χ2v) is 6.29. The second kappa shape index (κ2) is 3.79. The van der Waals surface area contributed by atoms with Crippen LogP contribution in [0.4, 0.5) is 0 Å². The highest BCUT2D eigenvalue weighted by atomic mass is 16.6. The number of epoxide rings is 2. The zero-order valence-corrected chi connectivity index (χ0v) is 10.1. The van der Waals surface area contributed by atoms with E-state index >= 15 is 0 Å². The fourth-order valence-corrected chi connectivity index (χ4v) is 4.18. The predicted octanol–water partition coefficient (Wildman–Crippen LogP) is 1.94. The lowest BCUT2D eigenvalue weighted by Crippen LogP contribution is -2.31. The lowest BCUT2D eigenvalue weighted by Gasteiger charge is -2.32. The van der Waals surface area contributed by atoms with Crippen molar-refractivity contribution in [3.63, 3.8) is 0 Å². The summed E-state index contributed by atoms with van der Waals surface area (Å²) >= 11 is 0. The van der Waals surface area contributed by atoms with Crippen molar-refractivity contribution in [3.8, 4) is 0 Å². The Bertz CT molecular complexity index is 301. The van der Waals surface area contributed by atoms with Crippen molar-refractivity contribution in [2.45, 2.75) is 62.9 Å². The van der Waals surface area contributed by atoms with Crippen LogP contribution < -0.4 is 0 Å². The summed E-state index contributed by atoms with van der Waals surface area (Å²) in [6.45, 7) is 0. The highest BCUT2D eigenvalue weighted by Crippen LogP contribution is 2.48. The largest absolute Gasteiger partial charge is 0.370 e. The van der Waals surface area contributed by atoms with E-state index in [1.807, 2.05) is 0 Å². The third kappa shape index (κ3) is 1.84. The first kappa shape index (κ1) is 10.5. The third-order valence-electron chi connectivity index (χ3n) is 5.34. The average molecular weight is 236 g/mol. The van der Waals surface area contributed by atoms with Gasteiger partial charge >= 0.3 is 0 Å². The molecule has 94 valence electrons. The molecule has 6 atom stereocenters. The summed E-state index contributed by atoms with van der Waals surface area (Å²) in [6.07, 6.45) is 10.3. The van der Waals surface area contributed by atoms with Crippen LogP contribution in [-0.2, 0) is 14.3 Å². The zero-order valence-electron chi connectivity index (χ0n) is 10.1. The van der Waals surface area contributed by atoms with E-state index in [0.717, 1.165) is 12.8 Å². The molecule has 0 bridgehead atoms. The van der Waals surface area contributed by atoms with Crippen LogP contribution in [0.25, 0.3) is 0 Å². The Morgan fingerprint density at radius 1 is 0.824 bits per heavy atom. The van der Waals surface area contributed by atoms with Gasteiger partial charge in [0.05, 0.1) is 24.4 Å². The van der Waals surface area contributed by atoms with Crippen molar-refractivity contribution < 1.29 is 14.3 Å². The highest BCUT2D eigenvalue weighted by Gasteiger charge is 2.50. The van der Waals surface area contributed by atoms with Crippen LogP contribution in [0.3, 0.4) is 0 Å². The molecule has 2 heterocycles. The SMILES string of the molecule is O=CC(C1CCC2OC2C1)C1CCC2OC2C1. The van der Waals surface area contributed by atoms with Crippen LogP contribution in [0.2, 0.25) is 0 Å². The summed E-state index contributed by atoms with van der Waals surface area (Å²) in [5, 5.41) is 0. The summed E-state index contributed by atoms with van der Waals surface area (Å²) < 4.78 is 11.2. The Kier molecular flexibility index (Phi) is 2.34. The van der Waals surface area contributed by atoms with Crippen molar-refractivity contribution >= 4 is 6.29 Å². The number of carbonyl (C=O) groups is 1. The first-order valence-corrected chi connectivity index (χ1v) is 7.11. The van der Waals surface area contributed by atoms with E-state index in [4.69, 9.17) is 9.47 Å². The molecule has 2 saturated heterocycles. The maximum Gasteiger partial charge on any atom is 0.123 e. The summed E-state index contributed by atoms with van der Waals surface area (Å²) in [6, 6.07) is 0. The van der Waals surface area contributed by atoms with Gasteiger partial charge in [-0.15, -0.1) is 0 Å². The molecule has 0 aromatic carbocycles. The molecule has 3 nitrogen and oxygen atoms in total. The molecule has 4 aliphatic rings. The van der Waals surface area contributed by atoms with Crippen LogP contribution >= 0.6 is 0 Å². The van der Waals surface area contributed by atoms with Crippen molar-refractivity contribution in [1.82, 2.24) is 0 Å². The monoisotopic (exact) mass is 236 g/mol. The Balaban J connectivity index is 1.43. The van der Waals surface area contributed by atoms with Gasteiger partial charge in [-0.2, -0.15) is 0 Å². The molecule has 4 fully saturated rings. The Morgan fingerprint density at radius 3 is 1.76 bits per heavy atom. The number of ether oxygens (including phenoxy) is 2. The predicted molar refractivity (Wildman–Crippen MR) is 61.6 cm³/mol. The second-order valence-electron chi connectivity index (χ2n) is 6.29. The minimum absolute atomic E-state index is 0.269. The Labute approximate surface area is 102 Å². The van der Waals surface area contributed by atoms with Crippen LogP contribution in [0, 0.1) is 17.8 Å². The molecular weight excluding hydrogens is 216 g/mol. The van der Waals surface area contributed by atoms with E-state index in [0.29, 0.717) is 36.3 Å². The van der Waals surface area contributed by atoms with Crippen LogP contribution in [0.1, 0.15) is 38.5 Å². The van der Waals surface area contributed by atoms with Gasteiger partial charge in [-0.3, -0.25) is 0 Å². The minimum Gasteiger partial charge on any atom is -0.370 e. The first-order chi connectivity index (χ1) is 8.35. The first-order valence-electron chi connectivity index (χ1n) is 7.11. The zero-order chi connectivity index (χ0) is 11.4. The molecule has 2 saturated carbocycles. The van der Waals surface area contributed by atoms with E-state index < -0.39 is 0 Å². The maximum absolute atomic E-state index is 11.5. The highest BCUT2D eigenvalue weighted by molar-refractivity contribution is 5.55. The molecule has 0 amide bonds. The molecule has 3 heteroatoms. The van der Waals surface area contributed by atoms with Gasteiger partial charge < -0.3 is 14.3 Å². The summed E-state index contributed by atoms with van der Waals surface area (Å²) in [5.41, 5.74) is 0. The quantitative estimate of drug-likeness (QED) is 0.555. The van der Waals surface area contributed by atoms with E-state index in [1.54, 1.807) is 0 Å². The smallest absolute Gasteiger partial charge is 0.123 e. The number of aldehydes is 1. The van der Waals surface area contributed by atoms with Gasteiger partial charge in [0.1, 0.15) is 6.29 Å². The molecule has 0 radical (unpaired) electrons. The van der Waals surface area contributed by atoms with E-state index in [9.17, 15) is 4.79 Å². The summed E-state index contributed by atoms with van der Waals surface area (Å²) in [4.78, 5) is 11.5. The number of rotatable bonds is 3. The van der Waals surface area contributed by atoms with E-state index in [2.05, 4.69) is 0 Å². The number of fused-ring (bicyclic) bond motifs is 2.